The molecule has 4 aromatic heterocycles. The van der Waals surface area contributed by atoms with Gasteiger partial charge in [-0.1, -0.05) is 6.07 Å². The zero-order valence-electron chi connectivity index (χ0n) is 20.6. The number of aromatic amines is 3. The molecule has 0 saturated heterocycles. The molecule has 1 fully saturated rings. The van der Waals surface area contributed by atoms with Crippen molar-refractivity contribution in [2.24, 2.45) is 0 Å². The smallest absolute Gasteiger partial charge is 0.323 e. The number of amides is 1. The third-order valence-corrected chi connectivity index (χ3v) is 8.96. The fourth-order valence-corrected chi connectivity index (χ4v) is 6.46. The molecule has 4 heterocycles. The Kier molecular flexibility index (Phi) is 5.16. The largest absolute Gasteiger partial charge is 0.463 e. The van der Waals surface area contributed by atoms with E-state index in [1.54, 1.807) is 24.3 Å². The SMILES string of the molecule is O=C(NS(=O)(=O)C1CC1)c1c(-c2ccc[nH]c2=O)c2c3occc3c(F)cc2n1Cc1ccc2[nH]c(=O)[nH]c2c1. The van der Waals surface area contributed by atoms with E-state index in [0.29, 0.717) is 29.4 Å². The van der Waals surface area contributed by atoms with Crippen molar-refractivity contribution in [2.45, 2.75) is 24.6 Å². The van der Waals surface area contributed by atoms with E-state index in [2.05, 4.69) is 19.7 Å². The number of benzene rings is 2. The lowest BCUT2D eigenvalue weighted by molar-refractivity contribution is 0.0974. The van der Waals surface area contributed by atoms with Crippen molar-refractivity contribution in [2.75, 3.05) is 0 Å². The summed E-state index contributed by atoms with van der Waals surface area (Å²) in [6, 6.07) is 10.8. The summed E-state index contributed by atoms with van der Waals surface area (Å²) in [7, 11) is -3.98. The predicted octanol–water partition coefficient (Wildman–Crippen LogP) is 3.32. The normalized spacial score (nSPS) is 13.9. The number of carbonyl (C=O) groups is 1. The van der Waals surface area contributed by atoms with Gasteiger partial charge in [-0.3, -0.25) is 9.59 Å². The summed E-state index contributed by atoms with van der Waals surface area (Å²) in [4.78, 5) is 46.6. The average molecular weight is 562 g/mol. The van der Waals surface area contributed by atoms with Gasteiger partial charge in [0, 0.05) is 18.3 Å². The van der Waals surface area contributed by atoms with Gasteiger partial charge in [-0.2, -0.15) is 0 Å². The van der Waals surface area contributed by atoms with Crippen LogP contribution < -0.4 is 16.0 Å². The van der Waals surface area contributed by atoms with E-state index in [0.717, 1.165) is 0 Å². The van der Waals surface area contributed by atoms with Crippen molar-refractivity contribution in [3.63, 3.8) is 0 Å². The van der Waals surface area contributed by atoms with Crippen molar-refractivity contribution >= 4 is 48.8 Å². The van der Waals surface area contributed by atoms with Crippen LogP contribution >= 0.6 is 0 Å². The van der Waals surface area contributed by atoms with Crippen molar-refractivity contribution in [1.82, 2.24) is 24.2 Å². The van der Waals surface area contributed by atoms with Crippen LogP contribution in [0.2, 0.25) is 0 Å². The molecule has 202 valence electrons. The lowest BCUT2D eigenvalue weighted by Gasteiger charge is -2.13. The minimum Gasteiger partial charge on any atom is -0.463 e. The molecule has 0 radical (unpaired) electrons. The van der Waals surface area contributed by atoms with Crippen LogP contribution in [0, 0.1) is 5.82 Å². The summed E-state index contributed by atoms with van der Waals surface area (Å²) in [6.07, 6.45) is 3.60. The summed E-state index contributed by atoms with van der Waals surface area (Å²) in [5, 5.41) is -0.259. The minimum absolute atomic E-state index is 0.0255. The van der Waals surface area contributed by atoms with E-state index in [9.17, 15) is 22.8 Å². The number of hydrogen-bond acceptors (Lipinski definition) is 6. The van der Waals surface area contributed by atoms with Crippen LogP contribution in [0.4, 0.5) is 4.39 Å². The van der Waals surface area contributed by atoms with Crippen molar-refractivity contribution < 1.29 is 22.0 Å². The summed E-state index contributed by atoms with van der Waals surface area (Å²) in [6.45, 7) is -0.0255. The maximum Gasteiger partial charge on any atom is 0.323 e. The first-order valence-corrected chi connectivity index (χ1v) is 13.9. The van der Waals surface area contributed by atoms with Gasteiger partial charge in [-0.15, -0.1) is 0 Å². The Labute approximate surface area is 223 Å². The van der Waals surface area contributed by atoms with Gasteiger partial charge >= 0.3 is 5.69 Å². The van der Waals surface area contributed by atoms with Gasteiger partial charge in [-0.25, -0.2) is 22.3 Å². The highest BCUT2D eigenvalue weighted by Gasteiger charge is 2.38. The van der Waals surface area contributed by atoms with E-state index >= 15 is 4.39 Å². The molecule has 0 unspecified atom stereocenters. The predicted molar refractivity (Wildman–Crippen MR) is 145 cm³/mol. The van der Waals surface area contributed by atoms with Crippen LogP contribution in [-0.2, 0) is 16.6 Å². The zero-order chi connectivity index (χ0) is 27.8. The number of rotatable bonds is 6. The number of carbonyl (C=O) groups excluding carboxylic acids is 1. The zero-order valence-corrected chi connectivity index (χ0v) is 21.4. The highest BCUT2D eigenvalue weighted by atomic mass is 32.2. The second-order valence-electron chi connectivity index (χ2n) is 9.77. The Morgan fingerprint density at radius 1 is 1.10 bits per heavy atom. The third-order valence-electron chi connectivity index (χ3n) is 7.14. The second kappa shape index (κ2) is 8.55. The highest BCUT2D eigenvalue weighted by Crippen LogP contribution is 2.40. The Hall–Kier alpha value is -4.91. The molecule has 11 nitrogen and oxygen atoms in total. The topological polar surface area (TPSA) is 163 Å². The fourth-order valence-electron chi connectivity index (χ4n) is 5.19. The molecule has 1 aliphatic carbocycles. The second-order valence-corrected chi connectivity index (χ2v) is 11.7. The maximum atomic E-state index is 15.3. The summed E-state index contributed by atoms with van der Waals surface area (Å²) in [5.41, 5.74) is 1.14. The first kappa shape index (κ1) is 24.2. The van der Waals surface area contributed by atoms with Gasteiger partial charge in [0.1, 0.15) is 17.1 Å². The van der Waals surface area contributed by atoms with E-state index < -0.39 is 38.2 Å². The molecule has 13 heteroatoms. The number of H-pyrrole nitrogens is 3. The molecule has 0 bridgehead atoms. The molecule has 6 aromatic rings. The number of halogens is 1. The Balaban J connectivity index is 1.56. The number of aromatic nitrogens is 4. The van der Waals surface area contributed by atoms with Crippen LogP contribution in [0.3, 0.4) is 0 Å². The van der Waals surface area contributed by atoms with Crippen molar-refractivity contribution in [3.8, 4) is 11.1 Å². The van der Waals surface area contributed by atoms with Gasteiger partial charge in [0.15, 0.2) is 0 Å². The first-order valence-electron chi connectivity index (χ1n) is 12.4. The van der Waals surface area contributed by atoms with Gasteiger partial charge in [0.2, 0.25) is 10.0 Å². The Morgan fingerprint density at radius 2 is 1.90 bits per heavy atom. The summed E-state index contributed by atoms with van der Waals surface area (Å²) < 4.78 is 50.2. The number of nitrogens with one attached hydrogen (secondary N) is 4. The molecule has 1 aliphatic rings. The third kappa shape index (κ3) is 3.77. The molecule has 0 aliphatic heterocycles. The summed E-state index contributed by atoms with van der Waals surface area (Å²) >= 11 is 0. The number of nitrogens with zero attached hydrogens (tertiary/aromatic N) is 1. The van der Waals surface area contributed by atoms with Crippen molar-refractivity contribution in [3.05, 3.63) is 92.8 Å². The molecule has 0 spiro atoms. The number of furan rings is 1. The summed E-state index contributed by atoms with van der Waals surface area (Å²) in [5.74, 6) is -1.58. The molecule has 40 heavy (non-hydrogen) atoms. The van der Waals surface area contributed by atoms with E-state index in [1.165, 1.54) is 35.2 Å². The lowest BCUT2D eigenvalue weighted by Crippen LogP contribution is -2.35. The Bertz CT molecular complexity index is 2230. The fraction of sp³-hybridized carbons (Fsp3) is 0.148. The maximum absolute atomic E-state index is 15.3. The van der Waals surface area contributed by atoms with Crippen LogP contribution in [0.5, 0.6) is 0 Å². The molecular formula is C27H20FN5O6S. The molecule has 1 amide bonds. The standard InChI is InChI=1S/C27H20FN5O6S/c28-17-11-20-22(24-15(17)7-9-39-24)21(16-2-1-8-29-25(16)34)23(26(35)32-40(37,38)14-4-5-14)33(20)12-13-3-6-18-19(10-13)31-27(36)30-18/h1-3,6-11,14H,4-5,12H2,(H,29,34)(H,32,35)(H2,30,31,36). The average Bonchev–Trinajstić information content (AvgIpc) is 3.43. The quantitative estimate of drug-likeness (QED) is 0.244. The van der Waals surface area contributed by atoms with Gasteiger partial charge in [0.25, 0.3) is 11.5 Å². The number of hydrogen-bond donors (Lipinski definition) is 4. The van der Waals surface area contributed by atoms with E-state index in [1.807, 2.05) is 0 Å². The minimum atomic E-state index is -3.98. The monoisotopic (exact) mass is 561 g/mol. The lowest BCUT2D eigenvalue weighted by atomic mass is 10.0. The van der Waals surface area contributed by atoms with E-state index in [-0.39, 0.29) is 45.2 Å². The van der Waals surface area contributed by atoms with Crippen LogP contribution in [0.1, 0.15) is 28.9 Å². The molecule has 7 rings (SSSR count). The van der Waals surface area contributed by atoms with Crippen LogP contribution in [0.15, 0.2) is 68.9 Å². The molecular weight excluding hydrogens is 541 g/mol. The Morgan fingerprint density at radius 3 is 2.67 bits per heavy atom. The number of imidazole rings is 1. The van der Waals surface area contributed by atoms with Crippen molar-refractivity contribution in [1.29, 1.82) is 0 Å². The van der Waals surface area contributed by atoms with Gasteiger partial charge in [0.05, 0.1) is 44.4 Å². The number of fused-ring (bicyclic) bond motifs is 4. The van der Waals surface area contributed by atoms with Gasteiger partial charge in [-0.05, 0) is 54.8 Å². The van der Waals surface area contributed by atoms with E-state index in [4.69, 9.17) is 4.42 Å². The van der Waals surface area contributed by atoms with Crippen LogP contribution in [-0.4, -0.2) is 39.1 Å². The number of pyridine rings is 1. The van der Waals surface area contributed by atoms with Crippen LogP contribution in [0.25, 0.3) is 44.0 Å². The molecule has 2 aromatic carbocycles. The van der Waals surface area contributed by atoms with Gasteiger partial charge < -0.3 is 23.9 Å². The molecule has 4 N–H and O–H groups in total. The first-order chi connectivity index (χ1) is 19.2. The number of sulfonamides is 1. The molecule has 1 saturated carbocycles. The highest BCUT2D eigenvalue weighted by molar-refractivity contribution is 7.91. The molecule has 0 atom stereocenters.